The summed E-state index contributed by atoms with van der Waals surface area (Å²) in [5.74, 6) is 0.640. The Balaban J connectivity index is 1.40. The fraction of sp³-hybridized carbons (Fsp3) is 0.385. The van der Waals surface area contributed by atoms with Crippen molar-refractivity contribution in [3.8, 4) is 0 Å². The van der Waals surface area contributed by atoms with Crippen LogP contribution in [0.4, 0.5) is 4.39 Å². The lowest BCUT2D eigenvalue weighted by Gasteiger charge is -2.45. The number of carbonyl (C=O) groups excluding carboxylic acids is 1. The van der Waals surface area contributed by atoms with E-state index in [0.717, 1.165) is 67.3 Å². The minimum Gasteiger partial charge on any atom is -0.315 e. The van der Waals surface area contributed by atoms with Gasteiger partial charge in [0.15, 0.2) is 0 Å². The highest BCUT2D eigenvalue weighted by Gasteiger charge is 2.40. The fourth-order valence-electron chi connectivity index (χ4n) is 4.87. The minimum absolute atomic E-state index is 0.0559. The molecule has 0 bridgehead atoms. The van der Waals surface area contributed by atoms with Crippen LogP contribution in [-0.2, 0) is 24.3 Å². The third kappa shape index (κ3) is 4.07. The van der Waals surface area contributed by atoms with Crippen molar-refractivity contribution in [1.29, 1.82) is 0 Å². The van der Waals surface area contributed by atoms with Crippen molar-refractivity contribution in [2.45, 2.75) is 39.3 Å². The zero-order chi connectivity index (χ0) is 22.1. The van der Waals surface area contributed by atoms with Crippen LogP contribution in [0.1, 0.15) is 36.5 Å². The normalized spacial score (nSPS) is 19.1. The molecule has 0 aliphatic carbocycles. The molecule has 0 saturated heterocycles. The number of carbonyl (C=O) groups is 1. The van der Waals surface area contributed by atoms with Gasteiger partial charge in [0.25, 0.3) is 5.91 Å². The number of halogens is 1. The number of rotatable bonds is 5. The van der Waals surface area contributed by atoms with E-state index in [9.17, 15) is 9.18 Å². The standard InChI is InChI=1S/C26H29FN4O/c1-2-19-7-9-20(10-8-19)17-31-25(32)23-18-29(16-21-5-3-6-22(27)15-21)14-11-24(23)30-13-4-12-28-26(30)31/h3,5-10,15H,2,4,11-14,16-18H2,1H3. The highest BCUT2D eigenvalue weighted by molar-refractivity contribution is 6.09. The number of amides is 1. The third-order valence-corrected chi connectivity index (χ3v) is 6.57. The second-order valence-corrected chi connectivity index (χ2v) is 8.76. The summed E-state index contributed by atoms with van der Waals surface area (Å²) in [5, 5.41) is 0. The molecule has 0 unspecified atom stereocenters. The van der Waals surface area contributed by atoms with Crippen LogP contribution in [0.3, 0.4) is 0 Å². The lowest BCUT2D eigenvalue weighted by Crippen LogP contribution is -2.56. The van der Waals surface area contributed by atoms with E-state index in [-0.39, 0.29) is 11.7 Å². The number of benzene rings is 2. The van der Waals surface area contributed by atoms with Gasteiger partial charge in [-0.2, -0.15) is 0 Å². The first-order chi connectivity index (χ1) is 15.6. The molecular weight excluding hydrogens is 403 g/mol. The molecular formula is C26H29FN4O. The summed E-state index contributed by atoms with van der Waals surface area (Å²) in [4.78, 5) is 24.8. The Bertz CT molecular complexity index is 1080. The van der Waals surface area contributed by atoms with Crippen molar-refractivity contribution in [1.82, 2.24) is 14.7 Å². The Morgan fingerprint density at radius 3 is 2.59 bits per heavy atom. The maximum atomic E-state index is 13.7. The molecule has 6 heteroatoms. The summed E-state index contributed by atoms with van der Waals surface area (Å²) in [5.41, 5.74) is 5.33. The molecule has 3 heterocycles. The monoisotopic (exact) mass is 432 g/mol. The average molecular weight is 433 g/mol. The predicted octanol–water partition coefficient (Wildman–Crippen LogP) is 3.95. The molecule has 1 amide bonds. The van der Waals surface area contributed by atoms with Crippen LogP contribution in [0.5, 0.6) is 0 Å². The maximum Gasteiger partial charge on any atom is 0.259 e. The fourth-order valence-corrected chi connectivity index (χ4v) is 4.87. The molecule has 0 atom stereocenters. The highest BCUT2D eigenvalue weighted by atomic mass is 19.1. The summed E-state index contributed by atoms with van der Waals surface area (Å²) in [6.07, 6.45) is 2.82. The molecule has 0 N–H and O–H groups in total. The van der Waals surface area contributed by atoms with Gasteiger partial charge in [-0.25, -0.2) is 4.39 Å². The Morgan fingerprint density at radius 2 is 1.81 bits per heavy atom. The quantitative estimate of drug-likeness (QED) is 0.718. The Hall–Kier alpha value is -2.99. The van der Waals surface area contributed by atoms with Crippen molar-refractivity contribution < 1.29 is 9.18 Å². The van der Waals surface area contributed by atoms with E-state index in [2.05, 4.69) is 41.0 Å². The average Bonchev–Trinajstić information content (AvgIpc) is 2.82. The van der Waals surface area contributed by atoms with Gasteiger partial charge in [-0.3, -0.25) is 19.6 Å². The highest BCUT2D eigenvalue weighted by Crippen LogP contribution is 2.32. The lowest BCUT2D eigenvalue weighted by molar-refractivity contribution is -0.125. The molecule has 32 heavy (non-hydrogen) atoms. The molecule has 3 aliphatic rings. The topological polar surface area (TPSA) is 39.2 Å². The first-order valence-corrected chi connectivity index (χ1v) is 11.5. The first-order valence-electron chi connectivity index (χ1n) is 11.5. The van der Waals surface area contributed by atoms with Gasteiger partial charge in [0.05, 0.1) is 12.1 Å². The lowest BCUT2D eigenvalue weighted by atomic mass is 9.99. The zero-order valence-electron chi connectivity index (χ0n) is 18.6. The molecule has 3 aliphatic heterocycles. The molecule has 0 radical (unpaired) electrons. The van der Waals surface area contributed by atoms with Gasteiger partial charge in [-0.15, -0.1) is 0 Å². The van der Waals surface area contributed by atoms with Crippen LogP contribution >= 0.6 is 0 Å². The summed E-state index contributed by atoms with van der Waals surface area (Å²) >= 11 is 0. The second kappa shape index (κ2) is 8.87. The van der Waals surface area contributed by atoms with E-state index in [0.29, 0.717) is 19.6 Å². The van der Waals surface area contributed by atoms with E-state index in [1.54, 1.807) is 12.1 Å². The van der Waals surface area contributed by atoms with Gasteiger partial charge in [0, 0.05) is 44.8 Å². The van der Waals surface area contributed by atoms with Gasteiger partial charge in [-0.05, 0) is 41.7 Å². The van der Waals surface area contributed by atoms with Crippen LogP contribution in [0, 0.1) is 5.82 Å². The van der Waals surface area contributed by atoms with Crippen LogP contribution in [0.25, 0.3) is 0 Å². The molecule has 0 saturated carbocycles. The SMILES string of the molecule is CCc1ccc(CN2C(=O)C3=C(CCN(Cc4cccc(F)c4)C3)N3CCCN=C23)cc1. The summed E-state index contributed by atoms with van der Waals surface area (Å²) < 4.78 is 13.6. The van der Waals surface area contributed by atoms with Crippen molar-refractivity contribution in [2.75, 3.05) is 26.2 Å². The smallest absolute Gasteiger partial charge is 0.259 e. The Kier molecular flexibility index (Phi) is 5.79. The van der Waals surface area contributed by atoms with Crippen molar-refractivity contribution in [2.24, 2.45) is 4.99 Å². The van der Waals surface area contributed by atoms with Crippen molar-refractivity contribution in [3.05, 3.63) is 82.3 Å². The number of hydrogen-bond acceptors (Lipinski definition) is 4. The number of nitrogens with zero attached hydrogens (tertiary/aromatic N) is 4. The number of aliphatic imine (C=N–C) groups is 1. The number of fused-ring (bicyclic) bond motifs is 2. The van der Waals surface area contributed by atoms with Crippen LogP contribution in [-0.4, -0.2) is 52.7 Å². The third-order valence-electron chi connectivity index (χ3n) is 6.57. The summed E-state index contributed by atoms with van der Waals surface area (Å²) in [6, 6.07) is 15.2. The van der Waals surface area contributed by atoms with E-state index in [4.69, 9.17) is 4.99 Å². The maximum absolute atomic E-state index is 13.7. The molecule has 5 nitrogen and oxygen atoms in total. The van der Waals surface area contributed by atoms with Gasteiger partial charge in [0.2, 0.25) is 5.96 Å². The molecule has 5 rings (SSSR count). The van der Waals surface area contributed by atoms with E-state index >= 15 is 0 Å². The summed E-state index contributed by atoms with van der Waals surface area (Å²) in [6.45, 7) is 6.41. The molecule has 166 valence electrons. The molecule has 0 fully saturated rings. The van der Waals surface area contributed by atoms with Gasteiger partial charge >= 0.3 is 0 Å². The van der Waals surface area contributed by atoms with Crippen molar-refractivity contribution in [3.63, 3.8) is 0 Å². The van der Waals surface area contributed by atoms with Crippen LogP contribution < -0.4 is 0 Å². The van der Waals surface area contributed by atoms with Crippen LogP contribution in [0.15, 0.2) is 64.8 Å². The Morgan fingerprint density at radius 1 is 1.00 bits per heavy atom. The Labute approximate surface area is 188 Å². The molecule has 2 aromatic carbocycles. The second-order valence-electron chi connectivity index (χ2n) is 8.76. The van der Waals surface area contributed by atoms with Gasteiger partial charge in [0.1, 0.15) is 5.82 Å². The zero-order valence-corrected chi connectivity index (χ0v) is 18.6. The van der Waals surface area contributed by atoms with E-state index < -0.39 is 0 Å². The number of hydrogen-bond donors (Lipinski definition) is 0. The molecule has 0 spiro atoms. The first kappa shape index (κ1) is 20.9. The van der Waals surface area contributed by atoms with Gasteiger partial charge in [-0.1, -0.05) is 43.3 Å². The van der Waals surface area contributed by atoms with Crippen LogP contribution in [0.2, 0.25) is 0 Å². The number of guanidine groups is 1. The molecule has 2 aromatic rings. The largest absolute Gasteiger partial charge is 0.315 e. The van der Waals surface area contributed by atoms with E-state index in [1.165, 1.54) is 11.6 Å². The summed E-state index contributed by atoms with van der Waals surface area (Å²) in [7, 11) is 0. The predicted molar refractivity (Wildman–Crippen MR) is 123 cm³/mol. The minimum atomic E-state index is -0.220. The number of aryl methyl sites for hydroxylation is 1. The van der Waals surface area contributed by atoms with E-state index in [1.807, 2.05) is 11.0 Å². The van der Waals surface area contributed by atoms with Gasteiger partial charge < -0.3 is 4.90 Å². The molecule has 0 aromatic heterocycles. The van der Waals surface area contributed by atoms with Crippen molar-refractivity contribution >= 4 is 11.9 Å².